The van der Waals surface area contributed by atoms with Gasteiger partial charge in [-0.15, -0.1) is 0 Å². The first-order chi connectivity index (χ1) is 13.2. The van der Waals surface area contributed by atoms with Crippen molar-refractivity contribution in [3.63, 3.8) is 0 Å². The van der Waals surface area contributed by atoms with Gasteiger partial charge in [0.2, 0.25) is 0 Å². The van der Waals surface area contributed by atoms with Gasteiger partial charge in [0, 0.05) is 16.8 Å². The summed E-state index contributed by atoms with van der Waals surface area (Å²) in [6.07, 6.45) is 4.63. The van der Waals surface area contributed by atoms with E-state index in [2.05, 4.69) is 27.1 Å². The van der Waals surface area contributed by atoms with E-state index in [4.69, 9.17) is 5.73 Å². The van der Waals surface area contributed by atoms with Gasteiger partial charge in [-0.1, -0.05) is 42.5 Å². The summed E-state index contributed by atoms with van der Waals surface area (Å²) in [5, 5.41) is 0. The van der Waals surface area contributed by atoms with E-state index in [1.165, 1.54) is 12.7 Å². The molecule has 1 fully saturated rings. The van der Waals surface area contributed by atoms with Crippen LogP contribution in [0.3, 0.4) is 0 Å². The molecule has 0 amide bonds. The van der Waals surface area contributed by atoms with Crippen molar-refractivity contribution in [1.29, 1.82) is 0 Å². The van der Waals surface area contributed by atoms with Gasteiger partial charge in [-0.05, 0) is 37.0 Å². The number of fused-ring (bicyclic) bond motifs is 1. The zero-order valence-corrected chi connectivity index (χ0v) is 14.7. The van der Waals surface area contributed by atoms with Gasteiger partial charge in [-0.3, -0.25) is 9.36 Å². The highest BCUT2D eigenvalue weighted by molar-refractivity contribution is 5.79. The molecule has 4 aromatic rings. The quantitative estimate of drug-likeness (QED) is 0.589. The molecule has 1 aliphatic rings. The van der Waals surface area contributed by atoms with Crippen molar-refractivity contribution in [1.82, 2.24) is 19.5 Å². The Morgan fingerprint density at radius 3 is 2.44 bits per heavy atom. The zero-order chi connectivity index (χ0) is 18.4. The summed E-state index contributed by atoms with van der Waals surface area (Å²) >= 11 is 0. The van der Waals surface area contributed by atoms with E-state index in [0.717, 1.165) is 29.7 Å². The largest absolute Gasteiger partial charge is 0.321 e. The number of aromatic amines is 1. The van der Waals surface area contributed by atoms with Crippen molar-refractivity contribution in [2.45, 2.75) is 24.8 Å². The molecule has 2 aromatic carbocycles. The van der Waals surface area contributed by atoms with Gasteiger partial charge in [0.15, 0.2) is 11.2 Å². The third-order valence-electron chi connectivity index (χ3n) is 5.43. The minimum atomic E-state index is -0.247. The van der Waals surface area contributed by atoms with Gasteiger partial charge in [0.25, 0.3) is 5.56 Å². The first kappa shape index (κ1) is 16.0. The van der Waals surface area contributed by atoms with Crippen LogP contribution in [0.2, 0.25) is 0 Å². The molecule has 6 heteroatoms. The number of hydrogen-bond donors (Lipinski definition) is 2. The molecule has 5 rings (SSSR count). The SMILES string of the molecule is NC1(c2ccc(-n3c(-c4ccccc4)nc4c(=O)[nH]cnc43)cc2)CCC1. The lowest BCUT2D eigenvalue weighted by Gasteiger charge is -2.38. The third-order valence-corrected chi connectivity index (χ3v) is 5.43. The summed E-state index contributed by atoms with van der Waals surface area (Å²) in [7, 11) is 0. The first-order valence-electron chi connectivity index (χ1n) is 9.07. The Balaban J connectivity index is 1.72. The average molecular weight is 357 g/mol. The summed E-state index contributed by atoms with van der Waals surface area (Å²) in [6, 6.07) is 18.0. The van der Waals surface area contributed by atoms with Crippen LogP contribution in [0.15, 0.2) is 65.7 Å². The monoisotopic (exact) mass is 357 g/mol. The molecule has 134 valence electrons. The minimum absolute atomic E-state index is 0.201. The van der Waals surface area contributed by atoms with Crippen molar-refractivity contribution in [3.05, 3.63) is 76.8 Å². The van der Waals surface area contributed by atoms with Gasteiger partial charge < -0.3 is 10.7 Å². The van der Waals surface area contributed by atoms with E-state index in [9.17, 15) is 4.79 Å². The fourth-order valence-corrected chi connectivity index (χ4v) is 3.72. The molecule has 6 nitrogen and oxygen atoms in total. The number of imidazole rings is 1. The molecule has 0 atom stereocenters. The summed E-state index contributed by atoms with van der Waals surface area (Å²) < 4.78 is 1.92. The van der Waals surface area contributed by atoms with Gasteiger partial charge in [-0.25, -0.2) is 9.97 Å². The Hall–Kier alpha value is -3.25. The second-order valence-corrected chi connectivity index (χ2v) is 7.10. The Morgan fingerprint density at radius 2 is 1.78 bits per heavy atom. The van der Waals surface area contributed by atoms with E-state index in [-0.39, 0.29) is 11.1 Å². The van der Waals surface area contributed by atoms with E-state index >= 15 is 0 Å². The fraction of sp³-hybridized carbons (Fsp3) is 0.190. The number of nitrogens with two attached hydrogens (primary N) is 1. The van der Waals surface area contributed by atoms with Crippen molar-refractivity contribution in [2.75, 3.05) is 0 Å². The summed E-state index contributed by atoms with van der Waals surface area (Å²) in [6.45, 7) is 0. The maximum absolute atomic E-state index is 12.3. The van der Waals surface area contributed by atoms with E-state index in [1.54, 1.807) is 0 Å². The predicted molar refractivity (Wildman–Crippen MR) is 105 cm³/mol. The average Bonchev–Trinajstić information content (AvgIpc) is 3.08. The van der Waals surface area contributed by atoms with Crippen LogP contribution in [0, 0.1) is 0 Å². The van der Waals surface area contributed by atoms with Gasteiger partial charge in [0.05, 0.1) is 6.33 Å². The minimum Gasteiger partial charge on any atom is -0.321 e. The number of nitrogens with zero attached hydrogens (tertiary/aromatic N) is 3. The molecule has 2 aromatic heterocycles. The lowest BCUT2D eigenvalue weighted by atomic mass is 9.73. The smallest absolute Gasteiger partial charge is 0.278 e. The maximum Gasteiger partial charge on any atom is 0.278 e. The Morgan fingerprint density at radius 1 is 1.04 bits per heavy atom. The molecule has 3 N–H and O–H groups in total. The van der Waals surface area contributed by atoms with Crippen LogP contribution in [-0.2, 0) is 5.54 Å². The molecule has 2 heterocycles. The Bertz CT molecular complexity index is 1170. The fourth-order valence-electron chi connectivity index (χ4n) is 3.72. The predicted octanol–water partition coefficient (Wildman–Crippen LogP) is 3.11. The second-order valence-electron chi connectivity index (χ2n) is 7.10. The van der Waals surface area contributed by atoms with E-state index in [1.807, 2.05) is 47.0 Å². The van der Waals surface area contributed by atoms with Crippen LogP contribution in [0.1, 0.15) is 24.8 Å². The normalized spacial score (nSPS) is 15.6. The van der Waals surface area contributed by atoms with Crippen LogP contribution < -0.4 is 11.3 Å². The summed E-state index contributed by atoms with van der Waals surface area (Å²) in [5.74, 6) is 0.689. The lowest BCUT2D eigenvalue weighted by Crippen LogP contribution is -2.43. The number of aromatic nitrogens is 4. The molecule has 1 aliphatic carbocycles. The van der Waals surface area contributed by atoms with E-state index in [0.29, 0.717) is 17.0 Å². The Kier molecular flexibility index (Phi) is 3.48. The lowest BCUT2D eigenvalue weighted by molar-refractivity contribution is 0.253. The first-order valence-corrected chi connectivity index (χ1v) is 9.07. The molecule has 1 saturated carbocycles. The van der Waals surface area contributed by atoms with Crippen LogP contribution in [0.4, 0.5) is 0 Å². The molecule has 0 aliphatic heterocycles. The second kappa shape index (κ2) is 5.89. The van der Waals surface area contributed by atoms with Crippen LogP contribution >= 0.6 is 0 Å². The highest BCUT2D eigenvalue weighted by Crippen LogP contribution is 2.39. The molecule has 0 spiro atoms. The van der Waals surface area contributed by atoms with Gasteiger partial charge in [-0.2, -0.15) is 0 Å². The molecule has 0 bridgehead atoms. The Labute approximate surface area is 155 Å². The summed E-state index contributed by atoms with van der Waals surface area (Å²) in [5.41, 5.74) is 9.84. The molecule has 27 heavy (non-hydrogen) atoms. The van der Waals surface area contributed by atoms with E-state index < -0.39 is 0 Å². The number of H-pyrrole nitrogens is 1. The van der Waals surface area contributed by atoms with Gasteiger partial charge in [0.1, 0.15) is 5.82 Å². The number of hydrogen-bond acceptors (Lipinski definition) is 4. The van der Waals surface area contributed by atoms with Gasteiger partial charge >= 0.3 is 0 Å². The van der Waals surface area contributed by atoms with Crippen molar-refractivity contribution in [3.8, 4) is 17.1 Å². The van der Waals surface area contributed by atoms with Crippen LogP contribution in [-0.4, -0.2) is 19.5 Å². The number of nitrogens with one attached hydrogen (secondary N) is 1. The molecule has 0 saturated heterocycles. The maximum atomic E-state index is 12.3. The van der Waals surface area contributed by atoms with Crippen molar-refractivity contribution in [2.24, 2.45) is 5.73 Å². The zero-order valence-electron chi connectivity index (χ0n) is 14.7. The molecular weight excluding hydrogens is 338 g/mol. The topological polar surface area (TPSA) is 89.6 Å². The number of rotatable bonds is 3. The van der Waals surface area contributed by atoms with Crippen molar-refractivity contribution < 1.29 is 0 Å². The van der Waals surface area contributed by atoms with Crippen LogP contribution in [0.25, 0.3) is 28.2 Å². The standard InChI is InChI=1S/C21H19N5O/c22-21(11-4-12-21)15-7-9-16(10-8-15)26-18(14-5-2-1-3-6-14)25-17-19(26)23-13-24-20(17)27/h1-3,5-10,13H,4,11-12,22H2,(H,23,24,27). The third kappa shape index (κ3) is 2.49. The highest BCUT2D eigenvalue weighted by atomic mass is 16.1. The molecule has 0 unspecified atom stereocenters. The van der Waals surface area contributed by atoms with Crippen molar-refractivity contribution >= 4 is 11.2 Å². The molecule has 0 radical (unpaired) electrons. The van der Waals surface area contributed by atoms with Crippen LogP contribution in [0.5, 0.6) is 0 Å². The summed E-state index contributed by atoms with van der Waals surface area (Å²) in [4.78, 5) is 23.8. The molecular formula is C21H19N5O. The highest BCUT2D eigenvalue weighted by Gasteiger charge is 2.34. The number of benzene rings is 2.